The average Bonchev–Trinajstić information content (AvgIpc) is 3.22. The smallest absolute Gasteiger partial charge is 0.262 e. The highest BCUT2D eigenvalue weighted by molar-refractivity contribution is 7.71. The maximum absolute atomic E-state index is 12.9. The fraction of sp³-hybridized carbons (Fsp3) is 0.286. The van der Waals surface area contributed by atoms with Crippen LogP contribution in [0.4, 0.5) is 0 Å². The van der Waals surface area contributed by atoms with E-state index < -0.39 is 0 Å². The number of hydrogen-bond acceptors (Lipinski definition) is 4. The Bertz CT molecular complexity index is 1180. The number of benzene rings is 2. The first kappa shape index (κ1) is 19.8. The zero-order chi connectivity index (χ0) is 20.4. The SMILES string of the molecule is O=C(NCc1cccc(Cl)c1)c1ccc2c(=O)n(CC3CCCO3)c(=S)[nH]c2c1. The Morgan fingerprint density at radius 3 is 2.93 bits per heavy atom. The maximum atomic E-state index is 12.9. The van der Waals surface area contributed by atoms with E-state index in [0.29, 0.717) is 39.3 Å². The number of hydrogen-bond donors (Lipinski definition) is 2. The summed E-state index contributed by atoms with van der Waals surface area (Å²) < 4.78 is 7.48. The molecule has 1 aliphatic heterocycles. The van der Waals surface area contributed by atoms with Crippen molar-refractivity contribution in [1.82, 2.24) is 14.9 Å². The Morgan fingerprint density at radius 2 is 2.17 bits per heavy atom. The molecular weight excluding hydrogens is 410 g/mol. The van der Waals surface area contributed by atoms with Crippen LogP contribution in [0.25, 0.3) is 10.9 Å². The number of carbonyl (C=O) groups excluding carboxylic acids is 1. The van der Waals surface area contributed by atoms with Crippen molar-refractivity contribution in [2.24, 2.45) is 0 Å². The van der Waals surface area contributed by atoms with E-state index in [1.165, 1.54) is 4.57 Å². The lowest BCUT2D eigenvalue weighted by molar-refractivity contribution is 0.0950. The molecule has 1 atom stereocenters. The van der Waals surface area contributed by atoms with Crippen molar-refractivity contribution in [3.05, 3.63) is 73.7 Å². The molecule has 0 radical (unpaired) electrons. The summed E-state index contributed by atoms with van der Waals surface area (Å²) in [6, 6.07) is 12.3. The van der Waals surface area contributed by atoms with Crippen molar-refractivity contribution in [3.63, 3.8) is 0 Å². The number of aromatic nitrogens is 2. The summed E-state index contributed by atoms with van der Waals surface area (Å²) in [5, 5.41) is 3.97. The lowest BCUT2D eigenvalue weighted by Gasteiger charge is -2.13. The Morgan fingerprint density at radius 1 is 1.31 bits per heavy atom. The van der Waals surface area contributed by atoms with Gasteiger partial charge in [-0.05, 0) is 61.0 Å². The number of carbonyl (C=O) groups is 1. The quantitative estimate of drug-likeness (QED) is 0.604. The maximum Gasteiger partial charge on any atom is 0.262 e. The molecule has 1 saturated heterocycles. The minimum absolute atomic E-state index is 0.0109. The molecule has 6 nitrogen and oxygen atoms in total. The average molecular weight is 430 g/mol. The number of halogens is 1. The van der Waals surface area contributed by atoms with E-state index >= 15 is 0 Å². The van der Waals surface area contributed by atoms with Gasteiger partial charge in [0.2, 0.25) is 0 Å². The lowest BCUT2D eigenvalue weighted by Crippen LogP contribution is -2.28. The van der Waals surface area contributed by atoms with Gasteiger partial charge in [-0.2, -0.15) is 0 Å². The molecule has 150 valence electrons. The van der Waals surface area contributed by atoms with Gasteiger partial charge >= 0.3 is 0 Å². The Balaban J connectivity index is 1.56. The number of fused-ring (bicyclic) bond motifs is 1. The zero-order valence-electron chi connectivity index (χ0n) is 15.6. The van der Waals surface area contributed by atoms with Crippen molar-refractivity contribution in [3.8, 4) is 0 Å². The van der Waals surface area contributed by atoms with Gasteiger partial charge in [-0.15, -0.1) is 0 Å². The Kier molecular flexibility index (Phi) is 5.80. The molecule has 1 aromatic heterocycles. The standard InChI is InChI=1S/C21H20ClN3O3S/c22-15-4-1-3-13(9-15)11-23-19(26)14-6-7-17-18(10-14)24-21(29)25(20(17)27)12-16-5-2-8-28-16/h1,3-4,6-7,9-10,16H,2,5,8,11-12H2,(H,23,26)(H,24,29). The van der Waals surface area contributed by atoms with Crippen LogP contribution < -0.4 is 10.9 Å². The molecular formula is C21H20ClN3O3S. The predicted octanol–water partition coefficient (Wildman–Crippen LogP) is 3.82. The number of aromatic amines is 1. The van der Waals surface area contributed by atoms with E-state index in [-0.39, 0.29) is 17.6 Å². The number of ether oxygens (including phenoxy) is 1. The fourth-order valence-electron chi connectivity index (χ4n) is 3.48. The summed E-state index contributed by atoms with van der Waals surface area (Å²) in [6.45, 7) is 1.51. The van der Waals surface area contributed by atoms with Crippen molar-refractivity contribution in [2.75, 3.05) is 6.61 Å². The van der Waals surface area contributed by atoms with Crippen LogP contribution >= 0.6 is 23.8 Å². The summed E-state index contributed by atoms with van der Waals surface area (Å²) in [5.41, 5.74) is 1.72. The molecule has 0 bridgehead atoms. The molecule has 2 heterocycles. The van der Waals surface area contributed by atoms with E-state index in [1.807, 2.05) is 12.1 Å². The normalized spacial score (nSPS) is 16.2. The summed E-state index contributed by atoms with van der Waals surface area (Å²) in [4.78, 5) is 28.5. The molecule has 1 fully saturated rings. The fourth-order valence-corrected chi connectivity index (χ4v) is 3.97. The summed E-state index contributed by atoms with van der Waals surface area (Å²) in [5.74, 6) is -0.241. The van der Waals surface area contributed by atoms with Gasteiger partial charge in [0.15, 0.2) is 4.77 Å². The monoisotopic (exact) mass is 429 g/mol. The van der Waals surface area contributed by atoms with Crippen LogP contribution in [0.5, 0.6) is 0 Å². The van der Waals surface area contributed by atoms with Crippen LogP contribution in [0.1, 0.15) is 28.8 Å². The van der Waals surface area contributed by atoms with Gasteiger partial charge < -0.3 is 15.0 Å². The van der Waals surface area contributed by atoms with Gasteiger partial charge in [-0.1, -0.05) is 23.7 Å². The Hall–Kier alpha value is -2.48. The van der Waals surface area contributed by atoms with Gasteiger partial charge in [0, 0.05) is 23.7 Å². The second-order valence-electron chi connectivity index (χ2n) is 7.05. The minimum atomic E-state index is -0.241. The van der Waals surface area contributed by atoms with Gasteiger partial charge in [-0.25, -0.2) is 0 Å². The molecule has 1 amide bonds. The highest BCUT2D eigenvalue weighted by atomic mass is 35.5. The zero-order valence-corrected chi connectivity index (χ0v) is 17.2. The van der Waals surface area contributed by atoms with Crippen molar-refractivity contribution >= 4 is 40.6 Å². The highest BCUT2D eigenvalue weighted by Crippen LogP contribution is 2.16. The minimum Gasteiger partial charge on any atom is -0.376 e. The van der Waals surface area contributed by atoms with Crippen molar-refractivity contribution < 1.29 is 9.53 Å². The number of H-pyrrole nitrogens is 1. The first-order chi connectivity index (χ1) is 14.0. The number of nitrogens with zero attached hydrogens (tertiary/aromatic N) is 1. The number of rotatable bonds is 5. The molecule has 4 rings (SSSR count). The van der Waals surface area contributed by atoms with E-state index in [1.54, 1.807) is 30.3 Å². The summed E-state index contributed by atoms with van der Waals surface area (Å²) >= 11 is 11.3. The topological polar surface area (TPSA) is 76.1 Å². The van der Waals surface area contributed by atoms with Crippen LogP contribution in [0, 0.1) is 4.77 Å². The van der Waals surface area contributed by atoms with E-state index in [9.17, 15) is 9.59 Å². The molecule has 2 N–H and O–H groups in total. The van der Waals surface area contributed by atoms with Gasteiger partial charge in [-0.3, -0.25) is 14.2 Å². The van der Waals surface area contributed by atoms with Crippen LogP contribution in [0.2, 0.25) is 5.02 Å². The predicted molar refractivity (Wildman–Crippen MR) is 115 cm³/mol. The van der Waals surface area contributed by atoms with Crippen molar-refractivity contribution in [1.29, 1.82) is 0 Å². The summed E-state index contributed by atoms with van der Waals surface area (Å²) in [7, 11) is 0. The van der Waals surface area contributed by atoms with Gasteiger partial charge in [0.1, 0.15) is 0 Å². The van der Waals surface area contributed by atoms with E-state index in [2.05, 4.69) is 10.3 Å². The first-order valence-corrected chi connectivity index (χ1v) is 10.2. The largest absolute Gasteiger partial charge is 0.376 e. The lowest BCUT2D eigenvalue weighted by atomic mass is 10.1. The van der Waals surface area contributed by atoms with Gasteiger partial charge in [0.05, 0.1) is 23.6 Å². The Labute approximate surface area is 177 Å². The van der Waals surface area contributed by atoms with Gasteiger partial charge in [0.25, 0.3) is 11.5 Å². The summed E-state index contributed by atoms with van der Waals surface area (Å²) in [6.07, 6.45) is 1.93. The van der Waals surface area contributed by atoms with Crippen LogP contribution in [-0.2, 0) is 17.8 Å². The third kappa shape index (κ3) is 4.42. The third-order valence-corrected chi connectivity index (χ3v) is 5.55. The number of amides is 1. The molecule has 0 saturated carbocycles. The molecule has 1 aliphatic rings. The number of nitrogens with one attached hydrogen (secondary N) is 2. The molecule has 2 aromatic carbocycles. The molecule has 0 spiro atoms. The second-order valence-corrected chi connectivity index (χ2v) is 7.88. The molecule has 0 aliphatic carbocycles. The molecule has 1 unspecified atom stereocenters. The van der Waals surface area contributed by atoms with Crippen LogP contribution in [0.3, 0.4) is 0 Å². The first-order valence-electron chi connectivity index (χ1n) is 9.42. The third-order valence-electron chi connectivity index (χ3n) is 5.00. The van der Waals surface area contributed by atoms with E-state index in [0.717, 1.165) is 25.0 Å². The second kappa shape index (κ2) is 8.49. The van der Waals surface area contributed by atoms with E-state index in [4.69, 9.17) is 28.6 Å². The highest BCUT2D eigenvalue weighted by Gasteiger charge is 2.18. The molecule has 8 heteroatoms. The van der Waals surface area contributed by atoms with Crippen LogP contribution in [-0.4, -0.2) is 28.2 Å². The molecule has 3 aromatic rings. The van der Waals surface area contributed by atoms with Crippen molar-refractivity contribution in [2.45, 2.75) is 32.0 Å². The molecule has 29 heavy (non-hydrogen) atoms. The van der Waals surface area contributed by atoms with Crippen LogP contribution in [0.15, 0.2) is 47.3 Å².